The minimum atomic E-state index is -0.0619. The quantitative estimate of drug-likeness (QED) is 0.385. The first-order valence-corrected chi connectivity index (χ1v) is 6.22. The van der Waals surface area contributed by atoms with E-state index in [4.69, 9.17) is 15.7 Å². The lowest BCUT2D eigenvalue weighted by molar-refractivity contribution is 0.318. The van der Waals surface area contributed by atoms with Crippen molar-refractivity contribution in [3.63, 3.8) is 0 Å². The minimum absolute atomic E-state index is 0.0619. The number of aromatic nitrogens is 2. The molecular weight excluding hydrogens is 256 g/mol. The second kappa shape index (κ2) is 6.01. The van der Waals surface area contributed by atoms with Crippen LogP contribution in [0.1, 0.15) is 24.0 Å². The molecule has 2 aromatic rings. The van der Waals surface area contributed by atoms with Gasteiger partial charge in [-0.1, -0.05) is 12.1 Å². The van der Waals surface area contributed by atoms with E-state index in [-0.39, 0.29) is 5.84 Å². The summed E-state index contributed by atoms with van der Waals surface area (Å²) in [6.45, 7) is 3.95. The number of hydrogen-bond acceptors (Lipinski definition) is 5. The van der Waals surface area contributed by atoms with E-state index < -0.39 is 0 Å². The molecule has 0 aliphatic heterocycles. The van der Waals surface area contributed by atoms with Gasteiger partial charge < -0.3 is 15.7 Å². The van der Waals surface area contributed by atoms with Gasteiger partial charge in [-0.2, -0.15) is 0 Å². The average molecular weight is 272 g/mol. The lowest BCUT2D eigenvalue weighted by atomic mass is 10.2. The van der Waals surface area contributed by atoms with Gasteiger partial charge >= 0.3 is 0 Å². The van der Waals surface area contributed by atoms with Crippen LogP contribution in [0.3, 0.4) is 0 Å². The van der Waals surface area contributed by atoms with E-state index >= 15 is 0 Å². The summed E-state index contributed by atoms with van der Waals surface area (Å²) in [6, 6.07) is 7.08. The topological polar surface area (TPSA) is 93.6 Å². The van der Waals surface area contributed by atoms with Crippen LogP contribution in [-0.2, 0) is 6.42 Å². The van der Waals surface area contributed by atoms with Crippen molar-refractivity contribution in [1.29, 1.82) is 0 Å². The molecule has 0 saturated carbocycles. The third-order valence-electron chi connectivity index (χ3n) is 2.74. The lowest BCUT2D eigenvalue weighted by Crippen LogP contribution is -2.14. The summed E-state index contributed by atoms with van der Waals surface area (Å²) in [7, 11) is 0. The molecule has 0 saturated heterocycles. The van der Waals surface area contributed by atoms with E-state index in [0.717, 1.165) is 17.8 Å². The van der Waals surface area contributed by atoms with Gasteiger partial charge in [0.1, 0.15) is 17.2 Å². The smallest absolute Gasteiger partial charge is 0.188 e. The van der Waals surface area contributed by atoms with Gasteiger partial charge in [-0.05, 0) is 31.5 Å². The fraction of sp³-hybridized carbons (Fsp3) is 0.214. The number of aryl methyl sites for hydroxylation is 2. The predicted molar refractivity (Wildman–Crippen MR) is 75.2 cm³/mol. The maximum absolute atomic E-state index is 8.65. The van der Waals surface area contributed by atoms with E-state index in [2.05, 4.69) is 15.1 Å². The molecule has 0 aromatic carbocycles. The summed E-state index contributed by atoms with van der Waals surface area (Å²) < 4.78 is 5.80. The first-order valence-electron chi connectivity index (χ1n) is 6.22. The van der Waals surface area contributed by atoms with E-state index in [0.29, 0.717) is 17.2 Å². The average Bonchev–Trinajstić information content (AvgIpc) is 2.48. The Morgan fingerprint density at radius 2 is 2.20 bits per heavy atom. The monoisotopic (exact) mass is 272 g/mol. The first kappa shape index (κ1) is 13.8. The van der Waals surface area contributed by atoms with Gasteiger partial charge in [0, 0.05) is 18.0 Å². The first-order chi connectivity index (χ1) is 9.63. The molecule has 0 unspecified atom stereocenters. The molecule has 3 N–H and O–H groups in total. The van der Waals surface area contributed by atoms with Gasteiger partial charge in [-0.3, -0.25) is 9.97 Å². The number of ether oxygens (including phenoxy) is 1. The molecule has 0 bridgehead atoms. The highest BCUT2D eigenvalue weighted by molar-refractivity contribution is 5.95. The van der Waals surface area contributed by atoms with E-state index in [1.807, 2.05) is 26.0 Å². The molecule has 2 heterocycles. The van der Waals surface area contributed by atoms with Crippen molar-refractivity contribution in [2.75, 3.05) is 0 Å². The van der Waals surface area contributed by atoms with Crippen LogP contribution < -0.4 is 10.5 Å². The summed E-state index contributed by atoms with van der Waals surface area (Å²) in [5.41, 5.74) is 7.68. The molecule has 2 aromatic heterocycles. The Balaban J connectivity index is 2.31. The van der Waals surface area contributed by atoms with Gasteiger partial charge in [-0.25, -0.2) is 0 Å². The molecule has 0 atom stereocenters. The van der Waals surface area contributed by atoms with Crippen molar-refractivity contribution in [2.45, 2.75) is 20.3 Å². The van der Waals surface area contributed by atoms with Crippen LogP contribution in [-0.4, -0.2) is 21.0 Å². The Bertz CT molecular complexity index is 641. The number of hydrogen-bond donors (Lipinski definition) is 2. The normalized spacial score (nSPS) is 11.4. The fourth-order valence-corrected chi connectivity index (χ4v) is 1.74. The Morgan fingerprint density at radius 1 is 1.40 bits per heavy atom. The van der Waals surface area contributed by atoms with Crippen molar-refractivity contribution in [2.24, 2.45) is 10.9 Å². The molecule has 0 aliphatic rings. The Morgan fingerprint density at radius 3 is 2.90 bits per heavy atom. The summed E-state index contributed by atoms with van der Waals surface area (Å²) in [6.07, 6.45) is 2.31. The van der Waals surface area contributed by atoms with Gasteiger partial charge in [0.2, 0.25) is 0 Å². The van der Waals surface area contributed by atoms with Crippen LogP contribution in [0, 0.1) is 6.92 Å². The molecule has 0 aliphatic carbocycles. The third kappa shape index (κ3) is 3.03. The van der Waals surface area contributed by atoms with Crippen molar-refractivity contribution in [3.05, 3.63) is 47.5 Å². The zero-order valence-corrected chi connectivity index (χ0v) is 11.4. The second-order valence-corrected chi connectivity index (χ2v) is 4.22. The minimum Gasteiger partial charge on any atom is -0.455 e. The molecule has 6 heteroatoms. The highest BCUT2D eigenvalue weighted by Gasteiger charge is 2.08. The van der Waals surface area contributed by atoms with Gasteiger partial charge in [0.15, 0.2) is 5.84 Å². The second-order valence-electron chi connectivity index (χ2n) is 4.22. The van der Waals surface area contributed by atoms with E-state index in [1.165, 1.54) is 6.20 Å². The van der Waals surface area contributed by atoms with Crippen molar-refractivity contribution in [3.8, 4) is 11.5 Å². The zero-order chi connectivity index (χ0) is 14.5. The van der Waals surface area contributed by atoms with Crippen LogP contribution >= 0.6 is 0 Å². The van der Waals surface area contributed by atoms with Gasteiger partial charge in [0.05, 0.1) is 5.69 Å². The number of oxime groups is 1. The predicted octanol–water partition coefficient (Wildman–Crippen LogP) is 2.23. The lowest BCUT2D eigenvalue weighted by Gasteiger charge is -2.10. The molecule has 6 nitrogen and oxygen atoms in total. The van der Waals surface area contributed by atoms with Crippen LogP contribution in [0.4, 0.5) is 0 Å². The van der Waals surface area contributed by atoms with Gasteiger partial charge in [0.25, 0.3) is 0 Å². The zero-order valence-electron chi connectivity index (χ0n) is 11.4. The molecule has 0 radical (unpaired) electrons. The van der Waals surface area contributed by atoms with Crippen molar-refractivity contribution >= 4 is 5.84 Å². The molecule has 20 heavy (non-hydrogen) atoms. The maximum atomic E-state index is 8.65. The van der Waals surface area contributed by atoms with E-state index in [1.54, 1.807) is 12.1 Å². The summed E-state index contributed by atoms with van der Waals surface area (Å²) >= 11 is 0. The number of rotatable bonds is 4. The molecule has 0 amide bonds. The Labute approximate surface area is 116 Å². The number of pyridine rings is 2. The van der Waals surface area contributed by atoms with Crippen LogP contribution in [0.15, 0.2) is 35.6 Å². The fourth-order valence-electron chi connectivity index (χ4n) is 1.74. The summed E-state index contributed by atoms with van der Waals surface area (Å²) in [5.74, 6) is 1.19. The highest BCUT2D eigenvalue weighted by Crippen LogP contribution is 2.25. The number of nitrogens with two attached hydrogens (primary N) is 1. The van der Waals surface area contributed by atoms with Crippen LogP contribution in [0.5, 0.6) is 11.5 Å². The maximum Gasteiger partial charge on any atom is 0.188 e. The molecule has 0 spiro atoms. The van der Waals surface area contributed by atoms with Crippen molar-refractivity contribution < 1.29 is 9.94 Å². The summed E-state index contributed by atoms with van der Waals surface area (Å²) in [4.78, 5) is 8.43. The molecule has 104 valence electrons. The number of nitrogens with zero attached hydrogens (tertiary/aromatic N) is 3. The largest absolute Gasteiger partial charge is 0.455 e. The number of amidine groups is 1. The molecular formula is C14H16N4O2. The standard InChI is InChI=1S/C14H16N4O2/c1-3-11-13(5-4-9(2)17-11)20-10-6-7-16-12(8-10)14(15)18-19/h4-8,19H,3H2,1-2H3,(H2,15,18). The van der Waals surface area contributed by atoms with Crippen LogP contribution in [0.2, 0.25) is 0 Å². The Kier molecular flexibility index (Phi) is 4.14. The van der Waals surface area contributed by atoms with E-state index in [9.17, 15) is 0 Å². The molecule has 0 fully saturated rings. The van der Waals surface area contributed by atoms with Crippen LogP contribution in [0.25, 0.3) is 0 Å². The van der Waals surface area contributed by atoms with Crippen molar-refractivity contribution in [1.82, 2.24) is 9.97 Å². The SMILES string of the molecule is CCc1nc(C)ccc1Oc1ccnc(/C(N)=N/O)c1. The molecule has 2 rings (SSSR count). The Hall–Kier alpha value is -2.63. The van der Waals surface area contributed by atoms with Gasteiger partial charge in [-0.15, -0.1) is 0 Å². The summed E-state index contributed by atoms with van der Waals surface area (Å²) in [5, 5.41) is 11.6. The highest BCUT2D eigenvalue weighted by atomic mass is 16.5. The third-order valence-corrected chi connectivity index (χ3v) is 2.74.